The second-order valence-electron chi connectivity index (χ2n) is 4.20. The molecule has 6 heteroatoms. The minimum atomic E-state index is -0.686. The lowest BCUT2D eigenvalue weighted by atomic mass is 10.1. The molecule has 2 amide bonds. The molecule has 1 aromatic carbocycles. The van der Waals surface area contributed by atoms with Crippen LogP contribution in [0.2, 0.25) is 0 Å². The largest absolute Gasteiger partial charge is 0.448 e. The first-order chi connectivity index (χ1) is 9.08. The van der Waals surface area contributed by atoms with E-state index in [0.717, 1.165) is 6.42 Å². The smallest absolute Gasteiger partial charge is 0.407 e. The number of amides is 2. The van der Waals surface area contributed by atoms with Gasteiger partial charge in [-0.1, -0.05) is 30.3 Å². The normalized spacial score (nSPS) is 11.6. The van der Waals surface area contributed by atoms with Gasteiger partial charge >= 0.3 is 6.09 Å². The van der Waals surface area contributed by atoms with E-state index < -0.39 is 12.0 Å². The lowest BCUT2D eigenvalue weighted by Crippen LogP contribution is -2.36. The molecule has 6 nitrogen and oxygen atoms in total. The summed E-state index contributed by atoms with van der Waals surface area (Å²) in [6.07, 6.45) is 0.857. The molecule has 1 rings (SSSR count). The molecule has 0 heterocycles. The van der Waals surface area contributed by atoms with Crippen molar-refractivity contribution in [1.29, 1.82) is 0 Å². The van der Waals surface area contributed by atoms with Crippen LogP contribution in [0.3, 0.4) is 0 Å². The molecule has 1 unspecified atom stereocenters. The van der Waals surface area contributed by atoms with Gasteiger partial charge in [-0.15, -0.1) is 0 Å². The highest BCUT2D eigenvalue weighted by atomic mass is 16.5. The minimum absolute atomic E-state index is 0.109. The molecular weight excluding hydrogens is 246 g/mol. The quantitative estimate of drug-likeness (QED) is 0.652. The van der Waals surface area contributed by atoms with Gasteiger partial charge in [0.25, 0.3) is 0 Å². The standard InChI is InChI=1S/C13H19N3O3/c14-11(7-6-10-4-2-1-3-5-10)9-19-13(18)16-8-12(15)17/h1-5,11H,6-9,14H2,(H2,15,17)(H,16,18). The summed E-state index contributed by atoms with van der Waals surface area (Å²) in [4.78, 5) is 21.6. The molecule has 0 bridgehead atoms. The van der Waals surface area contributed by atoms with Crippen LogP contribution in [-0.4, -0.2) is 31.2 Å². The third-order valence-electron chi connectivity index (χ3n) is 2.48. The number of primary amides is 1. The molecule has 0 radical (unpaired) electrons. The van der Waals surface area contributed by atoms with Gasteiger partial charge in [-0.2, -0.15) is 0 Å². The van der Waals surface area contributed by atoms with Crippen molar-refractivity contribution in [3.05, 3.63) is 35.9 Å². The highest BCUT2D eigenvalue weighted by Crippen LogP contribution is 2.04. The molecule has 0 spiro atoms. The van der Waals surface area contributed by atoms with E-state index in [0.29, 0.717) is 6.42 Å². The fourth-order valence-electron chi connectivity index (χ4n) is 1.47. The molecule has 19 heavy (non-hydrogen) atoms. The molecule has 0 aliphatic heterocycles. The van der Waals surface area contributed by atoms with Crippen LogP contribution >= 0.6 is 0 Å². The molecule has 0 aliphatic carbocycles. The van der Waals surface area contributed by atoms with Crippen molar-refractivity contribution >= 4 is 12.0 Å². The van der Waals surface area contributed by atoms with Crippen LogP contribution in [0.1, 0.15) is 12.0 Å². The molecule has 0 fully saturated rings. The van der Waals surface area contributed by atoms with Gasteiger partial charge < -0.3 is 21.5 Å². The number of carbonyl (C=O) groups is 2. The summed E-state index contributed by atoms with van der Waals surface area (Å²) in [6, 6.07) is 9.69. The van der Waals surface area contributed by atoms with Gasteiger partial charge in [0, 0.05) is 6.04 Å². The summed E-state index contributed by atoms with van der Waals surface area (Å²) in [5.74, 6) is -0.620. The first-order valence-electron chi connectivity index (χ1n) is 6.06. The van der Waals surface area contributed by atoms with Crippen LogP contribution in [0.4, 0.5) is 4.79 Å². The van der Waals surface area contributed by atoms with E-state index in [-0.39, 0.29) is 19.2 Å². The number of benzene rings is 1. The zero-order valence-electron chi connectivity index (χ0n) is 10.7. The zero-order valence-corrected chi connectivity index (χ0v) is 10.7. The van der Waals surface area contributed by atoms with Gasteiger partial charge in [0.15, 0.2) is 0 Å². The number of aryl methyl sites for hydroxylation is 1. The molecule has 1 atom stereocenters. The first-order valence-corrected chi connectivity index (χ1v) is 6.06. The maximum Gasteiger partial charge on any atom is 0.407 e. The van der Waals surface area contributed by atoms with Crippen molar-refractivity contribution in [2.24, 2.45) is 11.5 Å². The van der Waals surface area contributed by atoms with E-state index in [4.69, 9.17) is 16.2 Å². The van der Waals surface area contributed by atoms with Crippen molar-refractivity contribution in [1.82, 2.24) is 5.32 Å². The zero-order chi connectivity index (χ0) is 14.1. The van der Waals surface area contributed by atoms with Crippen molar-refractivity contribution in [2.75, 3.05) is 13.2 Å². The molecular formula is C13H19N3O3. The molecule has 104 valence electrons. The lowest BCUT2D eigenvalue weighted by molar-refractivity contribution is -0.117. The van der Waals surface area contributed by atoms with Gasteiger partial charge in [-0.05, 0) is 18.4 Å². The number of carbonyl (C=O) groups excluding carboxylic acids is 2. The average Bonchev–Trinajstić information content (AvgIpc) is 2.41. The van der Waals surface area contributed by atoms with E-state index in [1.54, 1.807) is 0 Å². The molecule has 5 N–H and O–H groups in total. The predicted octanol–water partition coefficient (Wildman–Crippen LogP) is 0.158. The van der Waals surface area contributed by atoms with Crippen molar-refractivity contribution < 1.29 is 14.3 Å². The molecule has 1 aromatic rings. The second kappa shape index (κ2) is 8.10. The Balaban J connectivity index is 2.15. The van der Waals surface area contributed by atoms with Crippen molar-refractivity contribution in [3.63, 3.8) is 0 Å². The SMILES string of the molecule is NC(=O)CNC(=O)OCC(N)CCc1ccccc1. The highest BCUT2D eigenvalue weighted by molar-refractivity contribution is 5.80. The Morgan fingerprint density at radius 3 is 2.58 bits per heavy atom. The van der Waals surface area contributed by atoms with Gasteiger partial charge in [-0.3, -0.25) is 4.79 Å². The van der Waals surface area contributed by atoms with Gasteiger partial charge in [0.05, 0.1) is 6.54 Å². The fraction of sp³-hybridized carbons (Fsp3) is 0.385. The van der Waals surface area contributed by atoms with E-state index >= 15 is 0 Å². The summed E-state index contributed by atoms with van der Waals surface area (Å²) in [5.41, 5.74) is 11.9. The number of nitrogens with two attached hydrogens (primary N) is 2. The van der Waals surface area contributed by atoms with Gasteiger partial charge in [-0.25, -0.2) is 4.79 Å². The van der Waals surface area contributed by atoms with Crippen LogP contribution in [0.15, 0.2) is 30.3 Å². The van der Waals surface area contributed by atoms with Crippen LogP contribution in [0.5, 0.6) is 0 Å². The number of nitrogens with one attached hydrogen (secondary N) is 1. The lowest BCUT2D eigenvalue weighted by Gasteiger charge is -2.12. The summed E-state index contributed by atoms with van der Waals surface area (Å²) < 4.78 is 4.86. The molecule has 0 saturated carbocycles. The third-order valence-corrected chi connectivity index (χ3v) is 2.48. The Morgan fingerprint density at radius 2 is 1.95 bits per heavy atom. The Labute approximate surface area is 112 Å². The third kappa shape index (κ3) is 7.05. The number of rotatable bonds is 7. The molecule has 0 aliphatic rings. The Kier molecular flexibility index (Phi) is 6.38. The van der Waals surface area contributed by atoms with Crippen LogP contribution in [0.25, 0.3) is 0 Å². The van der Waals surface area contributed by atoms with Gasteiger partial charge in [0.2, 0.25) is 5.91 Å². The van der Waals surface area contributed by atoms with E-state index in [1.165, 1.54) is 5.56 Å². The first kappa shape index (κ1) is 15.0. The Morgan fingerprint density at radius 1 is 1.26 bits per heavy atom. The van der Waals surface area contributed by atoms with Crippen LogP contribution < -0.4 is 16.8 Å². The average molecular weight is 265 g/mol. The van der Waals surface area contributed by atoms with Crippen molar-refractivity contribution in [3.8, 4) is 0 Å². The number of hydrogen-bond acceptors (Lipinski definition) is 4. The summed E-state index contributed by atoms with van der Waals surface area (Å²) in [5, 5.41) is 2.22. The summed E-state index contributed by atoms with van der Waals surface area (Å²) >= 11 is 0. The Bertz CT molecular complexity index is 409. The molecule has 0 aromatic heterocycles. The van der Waals surface area contributed by atoms with Crippen molar-refractivity contribution in [2.45, 2.75) is 18.9 Å². The predicted molar refractivity (Wildman–Crippen MR) is 71.3 cm³/mol. The second-order valence-corrected chi connectivity index (χ2v) is 4.20. The number of hydrogen-bond donors (Lipinski definition) is 3. The van der Waals surface area contributed by atoms with Crippen LogP contribution in [0, 0.1) is 0 Å². The minimum Gasteiger partial charge on any atom is -0.448 e. The van der Waals surface area contributed by atoms with E-state index in [2.05, 4.69) is 5.32 Å². The summed E-state index contributed by atoms with van der Waals surface area (Å²) in [6.45, 7) is -0.129. The maximum atomic E-state index is 11.1. The topological polar surface area (TPSA) is 107 Å². The maximum absolute atomic E-state index is 11.1. The number of ether oxygens (including phenoxy) is 1. The monoisotopic (exact) mass is 265 g/mol. The van der Waals surface area contributed by atoms with Gasteiger partial charge in [0.1, 0.15) is 6.61 Å². The van der Waals surface area contributed by atoms with E-state index in [9.17, 15) is 9.59 Å². The fourth-order valence-corrected chi connectivity index (χ4v) is 1.47. The number of alkyl carbamates (subject to hydrolysis) is 1. The summed E-state index contributed by atoms with van der Waals surface area (Å²) in [7, 11) is 0. The highest BCUT2D eigenvalue weighted by Gasteiger charge is 2.08. The molecule has 0 saturated heterocycles. The van der Waals surface area contributed by atoms with E-state index in [1.807, 2.05) is 30.3 Å². The Hall–Kier alpha value is -2.08. The van der Waals surface area contributed by atoms with Crippen LogP contribution in [-0.2, 0) is 16.0 Å².